The van der Waals surface area contributed by atoms with Crippen molar-refractivity contribution in [2.24, 2.45) is 0 Å². The van der Waals surface area contributed by atoms with E-state index in [0.717, 1.165) is 23.6 Å². The number of rotatable bonds is 7. The first kappa shape index (κ1) is 15.6. The van der Waals surface area contributed by atoms with Crippen molar-refractivity contribution in [3.63, 3.8) is 0 Å². The molecule has 21 heavy (non-hydrogen) atoms. The van der Waals surface area contributed by atoms with Gasteiger partial charge in [-0.2, -0.15) is 0 Å². The molecule has 1 aromatic carbocycles. The van der Waals surface area contributed by atoms with Crippen molar-refractivity contribution >= 4 is 0 Å². The molecule has 3 nitrogen and oxygen atoms in total. The van der Waals surface area contributed by atoms with Crippen LogP contribution in [-0.4, -0.2) is 6.04 Å². The standard InChI is InChI=1S/C18H25NO2/c1-13(2)16-7-5-6-8-17(16)21-12-18-15(9-10-20-18)11-19-14(3)4/h5-10,13-14,19H,11-12H2,1-4H3. The number of para-hydroxylation sites is 1. The van der Waals surface area contributed by atoms with Crippen LogP contribution in [0.3, 0.4) is 0 Å². The fourth-order valence-corrected chi connectivity index (χ4v) is 2.20. The van der Waals surface area contributed by atoms with Gasteiger partial charge in [-0.1, -0.05) is 45.9 Å². The topological polar surface area (TPSA) is 34.4 Å². The van der Waals surface area contributed by atoms with Gasteiger partial charge < -0.3 is 14.5 Å². The first-order chi connectivity index (χ1) is 10.1. The molecular formula is C18H25NO2. The van der Waals surface area contributed by atoms with E-state index in [0.29, 0.717) is 18.6 Å². The molecule has 0 unspecified atom stereocenters. The highest BCUT2D eigenvalue weighted by Gasteiger charge is 2.11. The molecule has 0 spiro atoms. The Hall–Kier alpha value is -1.74. The maximum absolute atomic E-state index is 5.97. The van der Waals surface area contributed by atoms with Gasteiger partial charge in [0.2, 0.25) is 0 Å². The van der Waals surface area contributed by atoms with E-state index in [1.807, 2.05) is 24.3 Å². The molecule has 2 rings (SSSR count). The zero-order valence-electron chi connectivity index (χ0n) is 13.3. The van der Waals surface area contributed by atoms with Gasteiger partial charge in [0.25, 0.3) is 0 Å². The van der Waals surface area contributed by atoms with E-state index in [9.17, 15) is 0 Å². The van der Waals surface area contributed by atoms with E-state index in [4.69, 9.17) is 9.15 Å². The molecular weight excluding hydrogens is 262 g/mol. The van der Waals surface area contributed by atoms with E-state index >= 15 is 0 Å². The van der Waals surface area contributed by atoms with E-state index in [2.05, 4.69) is 39.1 Å². The lowest BCUT2D eigenvalue weighted by Gasteiger charge is -2.14. The fourth-order valence-electron chi connectivity index (χ4n) is 2.20. The lowest BCUT2D eigenvalue weighted by molar-refractivity contribution is 0.264. The Morgan fingerprint density at radius 1 is 1.10 bits per heavy atom. The molecule has 0 amide bonds. The molecule has 0 aliphatic rings. The molecule has 114 valence electrons. The zero-order chi connectivity index (χ0) is 15.2. The van der Waals surface area contributed by atoms with Gasteiger partial charge >= 0.3 is 0 Å². The summed E-state index contributed by atoms with van der Waals surface area (Å²) in [5.41, 5.74) is 2.39. The summed E-state index contributed by atoms with van der Waals surface area (Å²) in [6, 6.07) is 10.6. The third-order valence-electron chi connectivity index (χ3n) is 3.44. The Labute approximate surface area is 127 Å². The Morgan fingerprint density at radius 3 is 2.57 bits per heavy atom. The van der Waals surface area contributed by atoms with Crippen LogP contribution in [0, 0.1) is 0 Å². The predicted octanol–water partition coefficient (Wildman–Crippen LogP) is 4.48. The number of furan rings is 1. The smallest absolute Gasteiger partial charge is 0.146 e. The summed E-state index contributed by atoms with van der Waals surface area (Å²) in [4.78, 5) is 0. The summed E-state index contributed by atoms with van der Waals surface area (Å²) in [5.74, 6) is 2.27. The van der Waals surface area contributed by atoms with Gasteiger partial charge in [-0.05, 0) is 23.6 Å². The average Bonchev–Trinajstić information content (AvgIpc) is 2.90. The van der Waals surface area contributed by atoms with Crippen LogP contribution in [0.1, 0.15) is 50.5 Å². The molecule has 0 saturated carbocycles. The zero-order valence-corrected chi connectivity index (χ0v) is 13.3. The molecule has 0 atom stereocenters. The molecule has 0 bridgehead atoms. The Bertz CT molecular complexity index is 558. The molecule has 1 N–H and O–H groups in total. The van der Waals surface area contributed by atoms with Crippen LogP contribution in [0.4, 0.5) is 0 Å². The van der Waals surface area contributed by atoms with E-state index in [1.165, 1.54) is 5.56 Å². The van der Waals surface area contributed by atoms with Gasteiger partial charge in [-0.3, -0.25) is 0 Å². The number of hydrogen-bond donors (Lipinski definition) is 1. The second kappa shape index (κ2) is 7.32. The summed E-state index contributed by atoms with van der Waals surface area (Å²) in [6.45, 7) is 9.88. The minimum absolute atomic E-state index is 0.444. The fraction of sp³-hybridized carbons (Fsp3) is 0.444. The summed E-state index contributed by atoms with van der Waals surface area (Å²) < 4.78 is 11.5. The van der Waals surface area contributed by atoms with Crippen LogP contribution in [0.2, 0.25) is 0 Å². The molecule has 0 aliphatic carbocycles. The highest BCUT2D eigenvalue weighted by atomic mass is 16.5. The van der Waals surface area contributed by atoms with Crippen molar-refractivity contribution in [2.75, 3.05) is 0 Å². The molecule has 0 radical (unpaired) electrons. The van der Waals surface area contributed by atoms with Gasteiger partial charge in [-0.25, -0.2) is 0 Å². The molecule has 0 aliphatic heterocycles. The van der Waals surface area contributed by atoms with E-state index in [1.54, 1.807) is 6.26 Å². The van der Waals surface area contributed by atoms with Gasteiger partial charge in [0.1, 0.15) is 18.1 Å². The van der Waals surface area contributed by atoms with Crippen molar-refractivity contribution in [1.29, 1.82) is 0 Å². The Balaban J connectivity index is 2.02. The maximum Gasteiger partial charge on any atom is 0.146 e. The van der Waals surface area contributed by atoms with E-state index in [-0.39, 0.29) is 0 Å². The van der Waals surface area contributed by atoms with Crippen molar-refractivity contribution in [2.45, 2.75) is 52.8 Å². The number of benzene rings is 1. The third kappa shape index (κ3) is 4.36. The molecule has 0 fully saturated rings. The predicted molar refractivity (Wildman–Crippen MR) is 85.5 cm³/mol. The van der Waals surface area contributed by atoms with Crippen LogP contribution in [0.15, 0.2) is 41.0 Å². The van der Waals surface area contributed by atoms with Crippen molar-refractivity contribution in [3.8, 4) is 5.75 Å². The normalized spacial score (nSPS) is 11.3. The van der Waals surface area contributed by atoms with E-state index < -0.39 is 0 Å². The van der Waals surface area contributed by atoms with Crippen LogP contribution >= 0.6 is 0 Å². The molecule has 3 heteroatoms. The Morgan fingerprint density at radius 2 is 1.86 bits per heavy atom. The maximum atomic E-state index is 5.97. The largest absolute Gasteiger partial charge is 0.485 e. The molecule has 2 aromatic rings. The van der Waals surface area contributed by atoms with Crippen molar-refractivity contribution in [3.05, 3.63) is 53.5 Å². The number of ether oxygens (including phenoxy) is 1. The SMILES string of the molecule is CC(C)NCc1ccoc1COc1ccccc1C(C)C. The molecule has 0 saturated heterocycles. The highest BCUT2D eigenvalue weighted by Crippen LogP contribution is 2.27. The van der Waals surface area contributed by atoms with Crippen LogP contribution in [-0.2, 0) is 13.2 Å². The number of hydrogen-bond acceptors (Lipinski definition) is 3. The van der Waals surface area contributed by atoms with Gasteiger partial charge in [0, 0.05) is 18.2 Å². The summed E-state index contributed by atoms with van der Waals surface area (Å²) >= 11 is 0. The lowest BCUT2D eigenvalue weighted by Crippen LogP contribution is -2.22. The second-order valence-corrected chi connectivity index (χ2v) is 5.89. The summed E-state index contributed by atoms with van der Waals surface area (Å²) in [7, 11) is 0. The molecule has 1 aromatic heterocycles. The quantitative estimate of drug-likeness (QED) is 0.815. The van der Waals surface area contributed by atoms with Gasteiger partial charge in [0.15, 0.2) is 0 Å². The van der Waals surface area contributed by atoms with Crippen molar-refractivity contribution < 1.29 is 9.15 Å². The lowest BCUT2D eigenvalue weighted by atomic mass is 10.0. The van der Waals surface area contributed by atoms with Gasteiger partial charge in [-0.15, -0.1) is 0 Å². The summed E-state index contributed by atoms with van der Waals surface area (Å²) in [6.07, 6.45) is 1.73. The minimum atomic E-state index is 0.444. The van der Waals surface area contributed by atoms with Crippen LogP contribution in [0.25, 0.3) is 0 Å². The monoisotopic (exact) mass is 287 g/mol. The number of nitrogens with one attached hydrogen (secondary N) is 1. The summed E-state index contributed by atoms with van der Waals surface area (Å²) in [5, 5.41) is 3.40. The van der Waals surface area contributed by atoms with Crippen LogP contribution < -0.4 is 10.1 Å². The molecule has 1 heterocycles. The second-order valence-electron chi connectivity index (χ2n) is 5.89. The third-order valence-corrected chi connectivity index (χ3v) is 3.44. The Kier molecular flexibility index (Phi) is 5.45. The first-order valence-electron chi connectivity index (χ1n) is 7.58. The average molecular weight is 287 g/mol. The highest BCUT2D eigenvalue weighted by molar-refractivity contribution is 5.35. The van der Waals surface area contributed by atoms with Crippen molar-refractivity contribution in [1.82, 2.24) is 5.32 Å². The van der Waals surface area contributed by atoms with Crippen LogP contribution in [0.5, 0.6) is 5.75 Å². The first-order valence-corrected chi connectivity index (χ1v) is 7.58. The minimum Gasteiger partial charge on any atom is -0.485 e. The van der Waals surface area contributed by atoms with Gasteiger partial charge in [0.05, 0.1) is 6.26 Å².